The highest BCUT2D eigenvalue weighted by Gasteiger charge is 2.57. The quantitative estimate of drug-likeness (QED) is 0.174. The third-order valence-electron chi connectivity index (χ3n) is 11.5. The molecule has 0 aromatic rings. The number of esters is 1. The van der Waals surface area contributed by atoms with E-state index < -0.39 is 16.6 Å². The summed E-state index contributed by atoms with van der Waals surface area (Å²) in [5, 5.41) is 0.455. The number of hydrogen-bond donors (Lipinski definition) is 0. The lowest BCUT2D eigenvalue weighted by Crippen LogP contribution is -2.51. The predicted octanol–water partition coefficient (Wildman–Crippen LogP) is 9.74. The van der Waals surface area contributed by atoms with Gasteiger partial charge in [-0.1, -0.05) is 61.8 Å². The van der Waals surface area contributed by atoms with E-state index in [1.165, 1.54) is 32.1 Å². The highest BCUT2D eigenvalue weighted by atomic mass is 28.4. The molecule has 0 bridgehead atoms. The summed E-state index contributed by atoms with van der Waals surface area (Å²) in [6, 6.07) is 0. The first kappa shape index (κ1) is 34.0. The monoisotopic (exact) mass is 568 g/mol. The van der Waals surface area contributed by atoms with Crippen molar-refractivity contribution in [2.24, 2.45) is 22.7 Å². The van der Waals surface area contributed by atoms with Crippen molar-refractivity contribution in [1.29, 1.82) is 0 Å². The molecule has 2 saturated carbocycles. The Labute approximate surface area is 239 Å². The molecule has 0 aromatic carbocycles. The lowest BCUT2D eigenvalue weighted by Gasteiger charge is -2.52. The Morgan fingerprint density at radius 2 is 1.50 bits per heavy atom. The van der Waals surface area contributed by atoms with Crippen molar-refractivity contribution in [3.63, 3.8) is 0 Å². The van der Waals surface area contributed by atoms with Gasteiger partial charge < -0.3 is 13.6 Å². The highest BCUT2D eigenvalue weighted by molar-refractivity contribution is 6.74. The normalized spacial score (nSPS) is 28.6. The molecular formula is C32H64O4Si2. The van der Waals surface area contributed by atoms with Crippen LogP contribution in [0.1, 0.15) is 120 Å². The fourth-order valence-corrected chi connectivity index (χ4v) is 9.50. The number of hydrogen-bond acceptors (Lipinski definition) is 4. The molecule has 2 rings (SSSR count). The zero-order valence-electron chi connectivity index (χ0n) is 27.6. The summed E-state index contributed by atoms with van der Waals surface area (Å²) in [4.78, 5) is 12.2. The van der Waals surface area contributed by atoms with Crippen molar-refractivity contribution in [1.82, 2.24) is 0 Å². The molecule has 2 aliphatic rings. The molecule has 0 amide bonds. The van der Waals surface area contributed by atoms with Crippen LogP contribution in [0.3, 0.4) is 0 Å². The third-order valence-corrected chi connectivity index (χ3v) is 20.6. The van der Waals surface area contributed by atoms with Gasteiger partial charge in [0.1, 0.15) is 0 Å². The molecule has 6 heteroatoms. The van der Waals surface area contributed by atoms with Crippen molar-refractivity contribution in [3.8, 4) is 0 Å². The van der Waals surface area contributed by atoms with Gasteiger partial charge in [-0.2, -0.15) is 0 Å². The van der Waals surface area contributed by atoms with Gasteiger partial charge in [-0.05, 0) is 111 Å². The van der Waals surface area contributed by atoms with E-state index in [0.717, 1.165) is 25.9 Å². The van der Waals surface area contributed by atoms with Gasteiger partial charge in [0.2, 0.25) is 0 Å². The van der Waals surface area contributed by atoms with Gasteiger partial charge in [0, 0.05) is 19.1 Å². The first-order valence-corrected chi connectivity index (χ1v) is 21.5. The highest BCUT2D eigenvalue weighted by Crippen LogP contribution is 2.63. The van der Waals surface area contributed by atoms with Crippen LogP contribution in [0, 0.1) is 22.7 Å². The minimum Gasteiger partial charge on any atom is -0.466 e. The molecule has 224 valence electrons. The second kappa shape index (κ2) is 12.4. The summed E-state index contributed by atoms with van der Waals surface area (Å²) >= 11 is 0. The van der Waals surface area contributed by atoms with E-state index in [1.807, 2.05) is 6.92 Å². The second-order valence-corrected chi connectivity index (χ2v) is 25.8. The molecular weight excluding hydrogens is 505 g/mol. The van der Waals surface area contributed by atoms with E-state index in [1.54, 1.807) is 0 Å². The van der Waals surface area contributed by atoms with Crippen LogP contribution in [0.5, 0.6) is 0 Å². The van der Waals surface area contributed by atoms with Gasteiger partial charge >= 0.3 is 5.97 Å². The molecule has 2 aliphatic carbocycles. The molecule has 4 nitrogen and oxygen atoms in total. The van der Waals surface area contributed by atoms with Crippen molar-refractivity contribution in [2.45, 2.75) is 162 Å². The fourth-order valence-electron chi connectivity index (χ4n) is 7.06. The van der Waals surface area contributed by atoms with Crippen LogP contribution in [0.4, 0.5) is 0 Å². The van der Waals surface area contributed by atoms with Crippen LogP contribution in [0.25, 0.3) is 0 Å². The summed E-state index contributed by atoms with van der Waals surface area (Å²) < 4.78 is 19.1. The molecule has 5 atom stereocenters. The molecule has 0 aromatic heterocycles. The van der Waals surface area contributed by atoms with E-state index in [4.69, 9.17) is 13.6 Å². The van der Waals surface area contributed by atoms with Gasteiger partial charge in [-0.25, -0.2) is 0 Å². The lowest BCUT2D eigenvalue weighted by molar-refractivity contribution is -0.143. The smallest absolute Gasteiger partial charge is 0.305 e. The fraction of sp³-hybridized carbons (Fsp3) is 0.969. The van der Waals surface area contributed by atoms with Crippen molar-refractivity contribution >= 4 is 22.6 Å². The van der Waals surface area contributed by atoms with E-state index in [0.29, 0.717) is 36.4 Å². The van der Waals surface area contributed by atoms with E-state index >= 15 is 0 Å². The van der Waals surface area contributed by atoms with Gasteiger partial charge in [0.15, 0.2) is 16.6 Å². The van der Waals surface area contributed by atoms with E-state index in [2.05, 4.69) is 81.6 Å². The Balaban J connectivity index is 2.26. The van der Waals surface area contributed by atoms with Crippen LogP contribution in [-0.4, -0.2) is 41.9 Å². The zero-order valence-corrected chi connectivity index (χ0v) is 29.6. The number of fused-ring (bicyclic) bond motifs is 1. The summed E-state index contributed by atoms with van der Waals surface area (Å²) in [6.07, 6.45) is 10.3. The second-order valence-electron chi connectivity index (χ2n) is 16.2. The van der Waals surface area contributed by atoms with Gasteiger partial charge in [0.25, 0.3) is 0 Å². The maximum absolute atomic E-state index is 12.2. The van der Waals surface area contributed by atoms with Gasteiger partial charge in [0.05, 0.1) is 6.61 Å². The molecule has 38 heavy (non-hydrogen) atoms. The summed E-state index contributed by atoms with van der Waals surface area (Å²) in [7, 11) is -3.62. The first-order chi connectivity index (χ1) is 17.2. The molecule has 1 unspecified atom stereocenters. The SMILES string of the molecule is CCOC(=O)CCCC(C)(CCO[Si](C)(C)C(C)(C)C)[C@H]1CC[C@H]2[C@@H](O[Si](C)(C)C(C)(C)C)CCC[C@]12C. The summed E-state index contributed by atoms with van der Waals surface area (Å²) in [5.41, 5.74) is 0.443. The predicted molar refractivity (Wildman–Crippen MR) is 167 cm³/mol. The summed E-state index contributed by atoms with van der Waals surface area (Å²) in [6.45, 7) is 31.9. The van der Waals surface area contributed by atoms with Gasteiger partial charge in [-0.3, -0.25) is 4.79 Å². The number of rotatable bonds is 12. The Hall–Kier alpha value is -0.176. The van der Waals surface area contributed by atoms with E-state index in [9.17, 15) is 4.79 Å². The Bertz CT molecular complexity index is 781. The molecule has 0 radical (unpaired) electrons. The van der Waals surface area contributed by atoms with Crippen molar-refractivity contribution < 1.29 is 18.4 Å². The molecule has 0 aliphatic heterocycles. The Morgan fingerprint density at radius 1 is 0.895 bits per heavy atom. The molecule has 0 spiro atoms. The molecule has 0 N–H and O–H groups in total. The molecule has 0 saturated heterocycles. The summed E-state index contributed by atoms with van der Waals surface area (Å²) in [5.74, 6) is 1.22. The number of ether oxygens (including phenoxy) is 1. The largest absolute Gasteiger partial charge is 0.466 e. The molecule has 2 fully saturated rings. The van der Waals surface area contributed by atoms with E-state index in [-0.39, 0.29) is 21.5 Å². The van der Waals surface area contributed by atoms with Crippen molar-refractivity contribution in [3.05, 3.63) is 0 Å². The average Bonchev–Trinajstić information content (AvgIpc) is 3.10. The number of carbonyl (C=O) groups excluding carboxylic acids is 1. The topological polar surface area (TPSA) is 44.8 Å². The van der Waals surface area contributed by atoms with Crippen LogP contribution in [-0.2, 0) is 18.4 Å². The Morgan fingerprint density at radius 3 is 2.05 bits per heavy atom. The zero-order chi connectivity index (χ0) is 29.2. The van der Waals surface area contributed by atoms with Gasteiger partial charge in [-0.15, -0.1) is 0 Å². The standard InChI is InChI=1S/C32H64O4Si2/c1-14-34-28(33)18-16-21-31(8,23-24-35-37(10,11)29(2,3)4)27-20-19-25-26(17-15-22-32(25,27)9)36-38(12,13)30(5,6)7/h25-27H,14-24H2,1-13H3/t25-,26-,27+,31?,32-/m0/s1. The average molecular weight is 569 g/mol. The van der Waals surface area contributed by atoms with Crippen LogP contribution in [0.15, 0.2) is 0 Å². The minimum absolute atomic E-state index is 0.0524. The van der Waals surface area contributed by atoms with Crippen LogP contribution >= 0.6 is 0 Å². The first-order valence-electron chi connectivity index (χ1n) is 15.7. The number of carbonyl (C=O) groups is 1. The lowest BCUT2D eigenvalue weighted by atomic mass is 9.56. The minimum atomic E-state index is -1.82. The molecule has 0 heterocycles. The third kappa shape index (κ3) is 7.76. The van der Waals surface area contributed by atoms with Crippen LogP contribution in [0.2, 0.25) is 36.3 Å². The van der Waals surface area contributed by atoms with Crippen molar-refractivity contribution in [2.75, 3.05) is 13.2 Å². The van der Waals surface area contributed by atoms with Crippen LogP contribution < -0.4 is 0 Å². The Kier molecular flexibility index (Phi) is 11.1. The maximum atomic E-state index is 12.2. The maximum Gasteiger partial charge on any atom is 0.305 e.